The molecule has 1 aliphatic rings. The molecule has 0 radical (unpaired) electrons. The first-order valence-corrected chi connectivity index (χ1v) is 10.3. The van der Waals surface area contributed by atoms with Gasteiger partial charge in [-0.1, -0.05) is 43.5 Å². The zero-order valence-electron chi connectivity index (χ0n) is 16.7. The number of fused-ring (bicyclic) bond motifs is 1. The minimum atomic E-state index is -0.846. The molecule has 3 aromatic rings. The maximum Gasteiger partial charge on any atom is 0.258 e. The zero-order valence-corrected chi connectivity index (χ0v) is 16.7. The van der Waals surface area contributed by atoms with E-state index in [1.807, 2.05) is 0 Å². The van der Waals surface area contributed by atoms with Gasteiger partial charge in [-0.2, -0.15) is 0 Å². The van der Waals surface area contributed by atoms with Crippen LogP contribution in [0.3, 0.4) is 0 Å². The number of carbonyl (C=O) groups excluding carboxylic acids is 1. The summed E-state index contributed by atoms with van der Waals surface area (Å²) in [6.07, 6.45) is 6.03. The summed E-state index contributed by atoms with van der Waals surface area (Å²) in [5, 5.41) is 14.7. The van der Waals surface area contributed by atoms with Gasteiger partial charge in [0, 0.05) is 22.7 Å². The van der Waals surface area contributed by atoms with Crippen molar-refractivity contribution >= 4 is 22.4 Å². The van der Waals surface area contributed by atoms with E-state index in [0.717, 1.165) is 19.3 Å². The van der Waals surface area contributed by atoms with E-state index in [2.05, 4.69) is 5.32 Å². The summed E-state index contributed by atoms with van der Waals surface area (Å²) in [5.74, 6) is -0.776. The van der Waals surface area contributed by atoms with Gasteiger partial charge in [0.25, 0.3) is 5.56 Å². The number of halogens is 1. The lowest BCUT2D eigenvalue weighted by molar-refractivity contribution is -0.115. The van der Waals surface area contributed by atoms with Gasteiger partial charge in [-0.25, -0.2) is 4.39 Å². The molecule has 1 aromatic heterocycles. The SMILES string of the molecule is O=C(Cc1ccccc1F)Nc1cccc2c(=O)n(CC3(O)CCCCC3)ccc12. The van der Waals surface area contributed by atoms with Crippen LogP contribution in [0.25, 0.3) is 10.8 Å². The largest absolute Gasteiger partial charge is 0.388 e. The van der Waals surface area contributed by atoms with Crippen LogP contribution in [0.1, 0.15) is 37.7 Å². The number of aliphatic hydroxyl groups is 1. The maximum atomic E-state index is 13.8. The van der Waals surface area contributed by atoms with Gasteiger partial charge >= 0.3 is 0 Å². The first kappa shape index (κ1) is 20.3. The molecule has 0 bridgehead atoms. The molecule has 6 heteroatoms. The van der Waals surface area contributed by atoms with E-state index in [4.69, 9.17) is 0 Å². The van der Waals surface area contributed by atoms with Crippen LogP contribution in [0.5, 0.6) is 0 Å². The number of carbonyl (C=O) groups is 1. The number of pyridine rings is 1. The lowest BCUT2D eigenvalue weighted by atomic mass is 9.85. The van der Waals surface area contributed by atoms with Crippen molar-refractivity contribution in [3.63, 3.8) is 0 Å². The Balaban J connectivity index is 1.58. The summed E-state index contributed by atoms with van der Waals surface area (Å²) >= 11 is 0. The average molecular weight is 408 g/mol. The van der Waals surface area contributed by atoms with E-state index in [9.17, 15) is 19.1 Å². The van der Waals surface area contributed by atoms with E-state index < -0.39 is 11.4 Å². The molecule has 5 nitrogen and oxygen atoms in total. The lowest BCUT2D eigenvalue weighted by Crippen LogP contribution is -2.39. The third kappa shape index (κ3) is 4.28. The summed E-state index contributed by atoms with van der Waals surface area (Å²) in [5.41, 5.74) is -0.217. The molecular formula is C24H25FN2O3. The molecule has 1 fully saturated rings. The monoisotopic (exact) mass is 408 g/mol. The minimum Gasteiger partial charge on any atom is -0.388 e. The first-order valence-electron chi connectivity index (χ1n) is 10.3. The molecule has 1 heterocycles. The van der Waals surface area contributed by atoms with Crippen LogP contribution in [0.2, 0.25) is 0 Å². The van der Waals surface area contributed by atoms with Gasteiger partial charge in [0.15, 0.2) is 0 Å². The highest BCUT2D eigenvalue weighted by Crippen LogP contribution is 2.29. The Hall–Kier alpha value is -2.99. The summed E-state index contributed by atoms with van der Waals surface area (Å²) in [6, 6.07) is 13.1. The number of hydrogen-bond donors (Lipinski definition) is 2. The maximum absolute atomic E-state index is 13.8. The molecule has 0 spiro atoms. The summed E-state index contributed by atoms with van der Waals surface area (Å²) in [7, 11) is 0. The Morgan fingerprint density at radius 3 is 2.57 bits per heavy atom. The Morgan fingerprint density at radius 2 is 1.80 bits per heavy atom. The Bertz CT molecular complexity index is 1130. The molecule has 4 rings (SSSR count). The van der Waals surface area contributed by atoms with Crippen molar-refractivity contribution in [1.29, 1.82) is 0 Å². The molecule has 30 heavy (non-hydrogen) atoms. The molecule has 2 aromatic carbocycles. The van der Waals surface area contributed by atoms with Crippen molar-refractivity contribution in [2.45, 2.75) is 50.7 Å². The molecule has 0 unspecified atom stereocenters. The van der Waals surface area contributed by atoms with Gasteiger partial charge in [-0.05, 0) is 42.7 Å². The molecule has 1 aliphatic carbocycles. The van der Waals surface area contributed by atoms with E-state index in [0.29, 0.717) is 34.9 Å². The van der Waals surface area contributed by atoms with Gasteiger partial charge in [0.1, 0.15) is 5.82 Å². The smallest absolute Gasteiger partial charge is 0.258 e. The number of rotatable bonds is 5. The number of anilines is 1. The number of aromatic nitrogens is 1. The minimum absolute atomic E-state index is 0.0901. The zero-order chi connectivity index (χ0) is 21.1. The fourth-order valence-electron chi connectivity index (χ4n) is 4.25. The first-order chi connectivity index (χ1) is 14.5. The molecule has 2 N–H and O–H groups in total. The molecule has 1 saturated carbocycles. The van der Waals surface area contributed by atoms with Gasteiger partial charge in [0.2, 0.25) is 5.91 Å². The van der Waals surface area contributed by atoms with Crippen molar-refractivity contribution in [2.24, 2.45) is 0 Å². The molecule has 0 aliphatic heterocycles. The van der Waals surface area contributed by atoms with Crippen molar-refractivity contribution in [3.05, 3.63) is 76.5 Å². The van der Waals surface area contributed by atoms with Crippen molar-refractivity contribution in [3.8, 4) is 0 Å². The average Bonchev–Trinajstić information content (AvgIpc) is 2.73. The van der Waals surface area contributed by atoms with Crippen molar-refractivity contribution in [1.82, 2.24) is 4.57 Å². The fraction of sp³-hybridized carbons (Fsp3) is 0.333. The third-order valence-electron chi connectivity index (χ3n) is 5.85. The topological polar surface area (TPSA) is 71.3 Å². The number of nitrogens with zero attached hydrogens (tertiary/aromatic N) is 1. The number of nitrogens with one attached hydrogen (secondary N) is 1. The second kappa shape index (κ2) is 8.40. The third-order valence-corrected chi connectivity index (χ3v) is 5.85. The number of amides is 1. The Kier molecular flexibility index (Phi) is 5.68. The standard InChI is InChI=1S/C24H25FN2O3/c25-20-9-3-2-7-17(20)15-22(28)26-21-10-6-8-19-18(21)11-14-27(23(19)29)16-24(30)12-4-1-5-13-24/h2-3,6-11,14,30H,1,4-5,12-13,15-16H2,(H,26,28). The van der Waals surface area contributed by atoms with Crippen LogP contribution in [0.4, 0.5) is 10.1 Å². The predicted octanol–water partition coefficient (Wildman–Crippen LogP) is 4.02. The van der Waals surface area contributed by atoms with Crippen LogP contribution in [0.15, 0.2) is 59.5 Å². The van der Waals surface area contributed by atoms with Crippen LogP contribution in [-0.2, 0) is 17.8 Å². The summed E-state index contributed by atoms with van der Waals surface area (Å²) in [6.45, 7) is 0.269. The molecule has 0 saturated heterocycles. The van der Waals surface area contributed by atoms with Gasteiger partial charge in [-0.3, -0.25) is 9.59 Å². The number of hydrogen-bond acceptors (Lipinski definition) is 3. The molecule has 0 atom stereocenters. The van der Waals surface area contributed by atoms with E-state index in [1.54, 1.807) is 53.2 Å². The van der Waals surface area contributed by atoms with Gasteiger partial charge in [-0.15, -0.1) is 0 Å². The van der Waals surface area contributed by atoms with E-state index >= 15 is 0 Å². The highest BCUT2D eigenvalue weighted by molar-refractivity contribution is 6.02. The van der Waals surface area contributed by atoms with Crippen molar-refractivity contribution < 1.29 is 14.3 Å². The normalized spacial score (nSPS) is 15.8. The second-order valence-corrected chi connectivity index (χ2v) is 8.12. The van der Waals surface area contributed by atoms with Gasteiger partial charge < -0.3 is 15.0 Å². The van der Waals surface area contributed by atoms with Crippen LogP contribution in [0, 0.1) is 5.82 Å². The summed E-state index contributed by atoms with van der Waals surface area (Å²) < 4.78 is 15.4. The van der Waals surface area contributed by atoms with Crippen LogP contribution < -0.4 is 10.9 Å². The predicted molar refractivity (Wildman–Crippen MR) is 115 cm³/mol. The highest BCUT2D eigenvalue weighted by Gasteiger charge is 2.30. The molecule has 1 amide bonds. The van der Waals surface area contributed by atoms with E-state index in [1.165, 1.54) is 6.07 Å². The van der Waals surface area contributed by atoms with Crippen LogP contribution in [-0.4, -0.2) is 21.2 Å². The number of benzene rings is 2. The molecular weight excluding hydrogens is 383 g/mol. The Morgan fingerprint density at radius 1 is 1.03 bits per heavy atom. The highest BCUT2D eigenvalue weighted by atomic mass is 19.1. The quantitative estimate of drug-likeness (QED) is 0.670. The lowest BCUT2D eigenvalue weighted by Gasteiger charge is -2.32. The van der Waals surface area contributed by atoms with Gasteiger partial charge in [0.05, 0.1) is 18.6 Å². The summed E-state index contributed by atoms with van der Waals surface area (Å²) in [4.78, 5) is 25.4. The second-order valence-electron chi connectivity index (χ2n) is 8.12. The van der Waals surface area contributed by atoms with Crippen LogP contribution >= 0.6 is 0 Å². The fourth-order valence-corrected chi connectivity index (χ4v) is 4.25. The van der Waals surface area contributed by atoms with E-state index in [-0.39, 0.29) is 24.4 Å². The van der Waals surface area contributed by atoms with Crippen molar-refractivity contribution in [2.75, 3.05) is 5.32 Å². The Labute approximate surface area is 174 Å². The molecule has 156 valence electrons.